The Kier molecular flexibility index (Phi) is 3.41. The van der Waals surface area contributed by atoms with Gasteiger partial charge in [-0.25, -0.2) is 14.4 Å². The van der Waals surface area contributed by atoms with Crippen LogP contribution in [0.5, 0.6) is 0 Å². The molecule has 0 unspecified atom stereocenters. The summed E-state index contributed by atoms with van der Waals surface area (Å²) in [5.74, 6) is -0.0743. The molecule has 0 bridgehead atoms. The Morgan fingerprint density at radius 1 is 1.22 bits per heavy atom. The molecule has 0 saturated carbocycles. The van der Waals surface area contributed by atoms with Crippen molar-refractivity contribution in [3.63, 3.8) is 0 Å². The van der Waals surface area contributed by atoms with E-state index in [0.717, 1.165) is 5.56 Å². The summed E-state index contributed by atoms with van der Waals surface area (Å²) < 4.78 is 13.8. The van der Waals surface area contributed by atoms with Gasteiger partial charge < -0.3 is 10.6 Å². The van der Waals surface area contributed by atoms with Gasteiger partial charge in [-0.3, -0.25) is 0 Å². The molecule has 0 atom stereocenters. The molecule has 0 spiro atoms. The lowest BCUT2D eigenvalue weighted by Crippen LogP contribution is -2.19. The minimum absolute atomic E-state index is 0.305. The predicted octanol–water partition coefficient (Wildman–Crippen LogP) is 2.14. The van der Waals surface area contributed by atoms with Gasteiger partial charge in [0.2, 0.25) is 0 Å². The molecular formula is C13H15FN4. The van der Waals surface area contributed by atoms with E-state index in [2.05, 4.69) is 9.97 Å². The molecule has 0 fully saturated rings. The highest BCUT2D eigenvalue weighted by Crippen LogP contribution is 2.18. The molecule has 1 heterocycles. The Balaban J connectivity index is 2.19. The Morgan fingerprint density at radius 2 is 1.89 bits per heavy atom. The van der Waals surface area contributed by atoms with E-state index < -0.39 is 0 Å². The molecule has 4 nitrogen and oxygen atoms in total. The summed E-state index contributed by atoms with van der Waals surface area (Å²) in [7, 11) is 1.79. The Morgan fingerprint density at radius 3 is 2.56 bits per heavy atom. The van der Waals surface area contributed by atoms with E-state index in [1.54, 1.807) is 18.9 Å². The van der Waals surface area contributed by atoms with Crippen molar-refractivity contribution < 1.29 is 4.39 Å². The van der Waals surface area contributed by atoms with Gasteiger partial charge in [-0.05, 0) is 24.6 Å². The maximum absolute atomic E-state index is 13.8. The molecule has 94 valence electrons. The first-order valence-corrected chi connectivity index (χ1v) is 5.60. The van der Waals surface area contributed by atoms with E-state index in [-0.39, 0.29) is 5.82 Å². The molecule has 0 aliphatic carbocycles. The summed E-state index contributed by atoms with van der Waals surface area (Å²) in [6.45, 7) is 2.19. The topological polar surface area (TPSA) is 55.0 Å². The number of nitrogens with two attached hydrogens (primary N) is 1. The second kappa shape index (κ2) is 5.00. The lowest BCUT2D eigenvalue weighted by atomic mass is 10.2. The second-order valence-corrected chi connectivity index (χ2v) is 4.19. The van der Waals surface area contributed by atoms with Crippen molar-refractivity contribution in [1.29, 1.82) is 0 Å². The quantitative estimate of drug-likeness (QED) is 0.843. The number of aromatic nitrogens is 2. The van der Waals surface area contributed by atoms with Crippen molar-refractivity contribution in [3.05, 3.63) is 47.7 Å². The minimum Gasteiger partial charge on any atom is -0.399 e. The fourth-order valence-corrected chi connectivity index (χ4v) is 1.68. The molecule has 1 aromatic carbocycles. The van der Waals surface area contributed by atoms with Gasteiger partial charge in [-0.1, -0.05) is 12.1 Å². The van der Waals surface area contributed by atoms with Crippen molar-refractivity contribution >= 4 is 11.5 Å². The third kappa shape index (κ3) is 2.56. The predicted molar refractivity (Wildman–Crippen MR) is 69.7 cm³/mol. The maximum Gasteiger partial charge on any atom is 0.186 e. The van der Waals surface area contributed by atoms with Crippen LogP contribution in [0.1, 0.15) is 11.3 Å². The highest BCUT2D eigenvalue weighted by molar-refractivity contribution is 5.43. The van der Waals surface area contributed by atoms with Crippen molar-refractivity contribution in [2.45, 2.75) is 13.5 Å². The van der Waals surface area contributed by atoms with E-state index in [1.807, 2.05) is 24.3 Å². The molecule has 0 aliphatic rings. The zero-order chi connectivity index (χ0) is 13.1. The van der Waals surface area contributed by atoms with E-state index >= 15 is 0 Å². The first-order chi connectivity index (χ1) is 8.58. The smallest absolute Gasteiger partial charge is 0.186 e. The Hall–Kier alpha value is -2.17. The highest BCUT2D eigenvalue weighted by Gasteiger charge is 2.12. The van der Waals surface area contributed by atoms with Crippen LogP contribution < -0.4 is 10.6 Å². The molecule has 18 heavy (non-hydrogen) atoms. The highest BCUT2D eigenvalue weighted by atomic mass is 19.1. The van der Waals surface area contributed by atoms with Crippen molar-refractivity contribution in [1.82, 2.24) is 9.97 Å². The van der Waals surface area contributed by atoms with Crippen LogP contribution in [0.4, 0.5) is 15.9 Å². The number of benzene rings is 1. The van der Waals surface area contributed by atoms with Crippen LogP contribution in [0.2, 0.25) is 0 Å². The summed E-state index contributed by atoms with van der Waals surface area (Å²) in [5, 5.41) is 0. The van der Waals surface area contributed by atoms with Crippen LogP contribution in [0.3, 0.4) is 0 Å². The zero-order valence-corrected chi connectivity index (χ0v) is 10.4. The lowest BCUT2D eigenvalue weighted by molar-refractivity contribution is 0.595. The monoisotopic (exact) mass is 246 g/mol. The van der Waals surface area contributed by atoms with Gasteiger partial charge in [0.25, 0.3) is 0 Å². The zero-order valence-electron chi connectivity index (χ0n) is 10.4. The Labute approximate surface area is 105 Å². The largest absolute Gasteiger partial charge is 0.399 e. The van der Waals surface area contributed by atoms with Gasteiger partial charge in [-0.15, -0.1) is 0 Å². The van der Waals surface area contributed by atoms with Gasteiger partial charge >= 0.3 is 0 Å². The van der Waals surface area contributed by atoms with Crippen LogP contribution >= 0.6 is 0 Å². The Bertz CT molecular complexity index is 539. The molecule has 1 aromatic heterocycles. The molecule has 2 N–H and O–H groups in total. The average Bonchev–Trinajstić information content (AvgIpc) is 2.35. The summed E-state index contributed by atoms with van der Waals surface area (Å²) >= 11 is 0. The summed E-state index contributed by atoms with van der Waals surface area (Å²) in [4.78, 5) is 9.52. The molecular weight excluding hydrogens is 231 g/mol. The third-order valence-electron chi connectivity index (χ3n) is 2.71. The molecule has 0 radical (unpaired) electrons. The van der Waals surface area contributed by atoms with E-state index in [4.69, 9.17) is 5.73 Å². The number of hydrogen-bond donors (Lipinski definition) is 1. The first kappa shape index (κ1) is 12.3. The number of halogens is 1. The summed E-state index contributed by atoms with van der Waals surface area (Å²) in [6, 6.07) is 7.48. The number of rotatable bonds is 3. The maximum atomic E-state index is 13.8. The standard InChI is InChI=1S/C13H15FN4/c1-9-12(14)13(17-8-16-9)18(2)7-10-3-5-11(15)6-4-10/h3-6,8H,7,15H2,1-2H3. The van der Waals surface area contributed by atoms with Crippen molar-refractivity contribution in [2.75, 3.05) is 17.7 Å². The average molecular weight is 246 g/mol. The molecule has 0 amide bonds. The van der Waals surface area contributed by atoms with Gasteiger partial charge in [0, 0.05) is 19.3 Å². The minimum atomic E-state index is -0.379. The van der Waals surface area contributed by atoms with Gasteiger partial charge in [0.15, 0.2) is 11.6 Å². The number of hydrogen-bond acceptors (Lipinski definition) is 4. The first-order valence-electron chi connectivity index (χ1n) is 5.60. The van der Waals surface area contributed by atoms with Gasteiger partial charge in [0.05, 0.1) is 5.69 Å². The van der Waals surface area contributed by atoms with Gasteiger partial charge in [-0.2, -0.15) is 0 Å². The molecule has 0 saturated heterocycles. The van der Waals surface area contributed by atoms with Crippen LogP contribution in [0.15, 0.2) is 30.6 Å². The van der Waals surface area contributed by atoms with Crippen LogP contribution in [0.25, 0.3) is 0 Å². The normalized spacial score (nSPS) is 10.4. The molecule has 0 aliphatic heterocycles. The summed E-state index contributed by atoms with van der Waals surface area (Å²) in [6.07, 6.45) is 1.37. The van der Waals surface area contributed by atoms with Gasteiger partial charge in [0.1, 0.15) is 6.33 Å². The van der Waals surface area contributed by atoms with E-state index in [0.29, 0.717) is 23.7 Å². The number of anilines is 2. The van der Waals surface area contributed by atoms with Crippen LogP contribution in [-0.4, -0.2) is 17.0 Å². The number of nitrogen functional groups attached to an aromatic ring is 1. The van der Waals surface area contributed by atoms with E-state index in [1.165, 1.54) is 6.33 Å². The third-order valence-corrected chi connectivity index (χ3v) is 2.71. The number of nitrogens with zero attached hydrogens (tertiary/aromatic N) is 3. The summed E-state index contributed by atoms with van der Waals surface area (Å²) in [5.41, 5.74) is 7.73. The number of aryl methyl sites for hydroxylation is 1. The molecule has 2 aromatic rings. The fourth-order valence-electron chi connectivity index (χ4n) is 1.68. The van der Waals surface area contributed by atoms with Crippen molar-refractivity contribution in [2.24, 2.45) is 0 Å². The lowest BCUT2D eigenvalue weighted by Gasteiger charge is -2.19. The molecule has 5 heteroatoms. The SMILES string of the molecule is Cc1ncnc(N(C)Cc2ccc(N)cc2)c1F. The van der Waals surface area contributed by atoms with E-state index in [9.17, 15) is 4.39 Å². The molecule has 2 rings (SSSR count). The van der Waals surface area contributed by atoms with Crippen LogP contribution in [-0.2, 0) is 6.54 Å². The fraction of sp³-hybridized carbons (Fsp3) is 0.231. The van der Waals surface area contributed by atoms with Crippen molar-refractivity contribution in [3.8, 4) is 0 Å². The van der Waals surface area contributed by atoms with Crippen LogP contribution in [0, 0.1) is 12.7 Å². The second-order valence-electron chi connectivity index (χ2n) is 4.19.